The highest BCUT2D eigenvalue weighted by atomic mass is 35.5. The molecule has 0 amide bonds. The van der Waals surface area contributed by atoms with Gasteiger partial charge in [0.2, 0.25) is 5.88 Å². The average Bonchev–Trinajstić information content (AvgIpc) is 2.29. The molecule has 84 valence electrons. The van der Waals surface area contributed by atoms with Crippen molar-refractivity contribution in [2.45, 2.75) is 6.92 Å². The standard InChI is InChI=1S/C12H8ClN3O/c1-8-2-3-9(5-14)12(16-8)17-11-4-10(13)6-15-7-11/h2-4,6-7H,1H3. The number of halogens is 1. The highest BCUT2D eigenvalue weighted by Gasteiger charge is 2.07. The van der Waals surface area contributed by atoms with Crippen molar-refractivity contribution in [3.05, 3.63) is 46.9 Å². The molecule has 5 heteroatoms. The van der Waals surface area contributed by atoms with Crippen LogP contribution < -0.4 is 4.74 Å². The minimum Gasteiger partial charge on any atom is -0.436 e. The van der Waals surface area contributed by atoms with Gasteiger partial charge in [0.15, 0.2) is 0 Å². The number of hydrogen-bond acceptors (Lipinski definition) is 4. The van der Waals surface area contributed by atoms with Crippen LogP contribution in [-0.2, 0) is 0 Å². The number of aryl methyl sites for hydroxylation is 1. The van der Waals surface area contributed by atoms with Gasteiger partial charge in [0.25, 0.3) is 0 Å². The van der Waals surface area contributed by atoms with E-state index < -0.39 is 0 Å². The van der Waals surface area contributed by atoms with Crippen molar-refractivity contribution in [3.63, 3.8) is 0 Å². The summed E-state index contributed by atoms with van der Waals surface area (Å²) in [5.74, 6) is 0.712. The van der Waals surface area contributed by atoms with Gasteiger partial charge in [0.05, 0.1) is 11.2 Å². The minimum absolute atomic E-state index is 0.261. The number of aromatic nitrogens is 2. The van der Waals surface area contributed by atoms with E-state index in [0.29, 0.717) is 16.3 Å². The number of ether oxygens (including phenoxy) is 1. The Bertz CT molecular complexity index is 593. The van der Waals surface area contributed by atoms with Gasteiger partial charge in [0.1, 0.15) is 17.4 Å². The molecule has 0 aliphatic rings. The van der Waals surface area contributed by atoms with Crippen LogP contribution in [0.1, 0.15) is 11.3 Å². The lowest BCUT2D eigenvalue weighted by Gasteiger charge is -2.06. The first-order valence-electron chi connectivity index (χ1n) is 4.85. The number of nitriles is 1. The molecule has 0 aliphatic carbocycles. The summed E-state index contributed by atoms with van der Waals surface area (Å²) >= 11 is 5.79. The Morgan fingerprint density at radius 1 is 1.35 bits per heavy atom. The molecule has 0 saturated carbocycles. The maximum atomic E-state index is 8.93. The monoisotopic (exact) mass is 245 g/mol. The van der Waals surface area contributed by atoms with Gasteiger partial charge < -0.3 is 4.74 Å². The lowest BCUT2D eigenvalue weighted by Crippen LogP contribution is -1.94. The van der Waals surface area contributed by atoms with Crippen LogP contribution in [0.15, 0.2) is 30.6 Å². The van der Waals surface area contributed by atoms with E-state index in [4.69, 9.17) is 21.6 Å². The summed E-state index contributed by atoms with van der Waals surface area (Å²) in [6, 6.07) is 7.04. The maximum absolute atomic E-state index is 8.93. The van der Waals surface area contributed by atoms with Gasteiger partial charge in [-0.3, -0.25) is 4.98 Å². The molecule has 0 saturated heterocycles. The summed E-state index contributed by atoms with van der Waals surface area (Å²) in [7, 11) is 0. The normalized spacial score (nSPS) is 9.71. The van der Waals surface area contributed by atoms with Gasteiger partial charge >= 0.3 is 0 Å². The summed E-state index contributed by atoms with van der Waals surface area (Å²) in [6.07, 6.45) is 3.01. The maximum Gasteiger partial charge on any atom is 0.237 e. The number of pyridine rings is 2. The number of nitrogens with zero attached hydrogens (tertiary/aromatic N) is 3. The number of hydrogen-bond donors (Lipinski definition) is 0. The molecule has 2 rings (SSSR count). The Morgan fingerprint density at radius 2 is 2.18 bits per heavy atom. The molecule has 0 aromatic carbocycles. The second-order valence-electron chi connectivity index (χ2n) is 3.36. The van der Waals surface area contributed by atoms with E-state index in [1.807, 2.05) is 13.0 Å². The van der Waals surface area contributed by atoms with Gasteiger partial charge in [-0.2, -0.15) is 5.26 Å². The van der Waals surface area contributed by atoms with Crippen molar-refractivity contribution in [1.29, 1.82) is 5.26 Å². The zero-order valence-electron chi connectivity index (χ0n) is 9.01. The van der Waals surface area contributed by atoms with Crippen molar-refractivity contribution in [2.75, 3.05) is 0 Å². The molecule has 0 fully saturated rings. The third-order valence-corrected chi connectivity index (χ3v) is 2.22. The Balaban J connectivity index is 2.36. The smallest absolute Gasteiger partial charge is 0.237 e. The zero-order chi connectivity index (χ0) is 12.3. The molecule has 0 radical (unpaired) electrons. The lowest BCUT2D eigenvalue weighted by molar-refractivity contribution is 0.458. The molecule has 2 aromatic rings. The van der Waals surface area contributed by atoms with E-state index in [1.165, 1.54) is 12.4 Å². The van der Waals surface area contributed by atoms with Crippen LogP contribution in [0.25, 0.3) is 0 Å². The average molecular weight is 246 g/mol. The fraction of sp³-hybridized carbons (Fsp3) is 0.0833. The molecule has 0 spiro atoms. The highest BCUT2D eigenvalue weighted by Crippen LogP contribution is 2.24. The quantitative estimate of drug-likeness (QED) is 0.816. The summed E-state index contributed by atoms with van der Waals surface area (Å²) < 4.78 is 5.48. The molecule has 0 unspecified atom stereocenters. The fourth-order valence-electron chi connectivity index (χ4n) is 1.26. The molecular formula is C12H8ClN3O. The second kappa shape index (κ2) is 4.81. The van der Waals surface area contributed by atoms with E-state index in [9.17, 15) is 0 Å². The Morgan fingerprint density at radius 3 is 2.88 bits per heavy atom. The van der Waals surface area contributed by atoms with Gasteiger partial charge in [-0.25, -0.2) is 4.98 Å². The minimum atomic E-state index is 0.261. The molecule has 17 heavy (non-hydrogen) atoms. The lowest BCUT2D eigenvalue weighted by atomic mass is 10.2. The van der Waals surface area contributed by atoms with Crippen LogP contribution in [0.4, 0.5) is 0 Å². The highest BCUT2D eigenvalue weighted by molar-refractivity contribution is 6.30. The predicted octanol–water partition coefficient (Wildman–Crippen LogP) is 3.10. The molecular weight excluding hydrogens is 238 g/mol. The topological polar surface area (TPSA) is 58.8 Å². The summed E-state index contributed by atoms with van der Waals surface area (Å²) in [4.78, 5) is 8.04. The van der Waals surface area contributed by atoms with Crippen LogP contribution >= 0.6 is 11.6 Å². The Kier molecular flexibility index (Phi) is 3.22. The predicted molar refractivity (Wildman–Crippen MR) is 63.0 cm³/mol. The first-order chi connectivity index (χ1) is 8.19. The van der Waals surface area contributed by atoms with Crippen molar-refractivity contribution in [1.82, 2.24) is 9.97 Å². The molecule has 2 aromatic heterocycles. The molecule has 4 nitrogen and oxygen atoms in total. The van der Waals surface area contributed by atoms with Crippen molar-refractivity contribution >= 4 is 11.6 Å². The van der Waals surface area contributed by atoms with Crippen LogP contribution in [-0.4, -0.2) is 9.97 Å². The molecule has 0 bridgehead atoms. The van der Waals surface area contributed by atoms with Gasteiger partial charge in [0, 0.05) is 18.0 Å². The van der Waals surface area contributed by atoms with Crippen molar-refractivity contribution in [3.8, 4) is 17.7 Å². The Labute approximate surface area is 103 Å². The Hall–Kier alpha value is -2.12. The largest absolute Gasteiger partial charge is 0.436 e. The van der Waals surface area contributed by atoms with Crippen molar-refractivity contribution < 1.29 is 4.74 Å². The van der Waals surface area contributed by atoms with Gasteiger partial charge in [-0.15, -0.1) is 0 Å². The SMILES string of the molecule is Cc1ccc(C#N)c(Oc2cncc(Cl)c2)n1. The third-order valence-electron chi connectivity index (χ3n) is 2.01. The van der Waals surface area contributed by atoms with Crippen molar-refractivity contribution in [2.24, 2.45) is 0 Å². The first kappa shape index (κ1) is 11.4. The fourth-order valence-corrected chi connectivity index (χ4v) is 1.42. The molecule has 0 atom stereocenters. The third kappa shape index (κ3) is 2.71. The summed E-state index contributed by atoms with van der Waals surface area (Å²) in [6.45, 7) is 1.82. The molecule has 2 heterocycles. The van der Waals surface area contributed by atoms with E-state index in [2.05, 4.69) is 9.97 Å². The van der Waals surface area contributed by atoms with E-state index in [-0.39, 0.29) is 5.88 Å². The van der Waals surface area contributed by atoms with Crippen LogP contribution in [0.2, 0.25) is 5.02 Å². The summed E-state index contributed by atoms with van der Waals surface area (Å²) in [5.41, 5.74) is 1.14. The van der Waals surface area contributed by atoms with Gasteiger partial charge in [-0.05, 0) is 19.1 Å². The molecule has 0 N–H and O–H groups in total. The second-order valence-corrected chi connectivity index (χ2v) is 3.79. The van der Waals surface area contributed by atoms with Crippen LogP contribution in [0, 0.1) is 18.3 Å². The molecule has 0 aliphatic heterocycles. The number of rotatable bonds is 2. The van der Waals surface area contributed by atoms with Crippen LogP contribution in [0.3, 0.4) is 0 Å². The van der Waals surface area contributed by atoms with E-state index in [1.54, 1.807) is 18.2 Å². The zero-order valence-corrected chi connectivity index (χ0v) is 9.77. The van der Waals surface area contributed by atoms with E-state index in [0.717, 1.165) is 5.69 Å². The van der Waals surface area contributed by atoms with E-state index >= 15 is 0 Å². The van der Waals surface area contributed by atoms with Gasteiger partial charge in [-0.1, -0.05) is 11.6 Å². The summed E-state index contributed by atoms with van der Waals surface area (Å²) in [5, 5.41) is 9.40. The van der Waals surface area contributed by atoms with Crippen LogP contribution in [0.5, 0.6) is 11.6 Å². The first-order valence-corrected chi connectivity index (χ1v) is 5.23.